The average molecular weight is 220 g/mol. The number of nitrogens with one attached hydrogen (secondary N) is 2. The highest BCUT2D eigenvalue weighted by atomic mass is 16.5. The van der Waals surface area contributed by atoms with E-state index in [4.69, 9.17) is 10.5 Å². The molecule has 0 radical (unpaired) electrons. The van der Waals surface area contributed by atoms with Gasteiger partial charge in [0.05, 0.1) is 25.7 Å². The summed E-state index contributed by atoms with van der Waals surface area (Å²) in [4.78, 5) is 8.13. The smallest absolute Gasteiger partial charge is 0.233 e. The molecule has 0 aliphatic heterocycles. The fourth-order valence-electron chi connectivity index (χ4n) is 1.18. The zero-order chi connectivity index (χ0) is 11.4. The van der Waals surface area contributed by atoms with Crippen LogP contribution in [0.3, 0.4) is 0 Å². The van der Waals surface area contributed by atoms with E-state index in [2.05, 4.69) is 25.5 Å². The number of aromatic amines is 1. The third-order valence-electron chi connectivity index (χ3n) is 2.03. The van der Waals surface area contributed by atoms with E-state index in [1.165, 1.54) is 6.20 Å². The van der Waals surface area contributed by atoms with Crippen molar-refractivity contribution in [1.82, 2.24) is 20.2 Å². The molecule has 2 rings (SSSR count). The second-order valence-electron chi connectivity index (χ2n) is 3.11. The zero-order valence-corrected chi connectivity index (χ0v) is 8.77. The Labute approximate surface area is 92.1 Å². The van der Waals surface area contributed by atoms with Gasteiger partial charge in [-0.1, -0.05) is 0 Å². The van der Waals surface area contributed by atoms with E-state index in [1.807, 2.05) is 0 Å². The number of methoxy groups -OCH3 is 1. The van der Waals surface area contributed by atoms with Crippen LogP contribution in [0.1, 0.15) is 5.56 Å². The maximum Gasteiger partial charge on any atom is 0.233 e. The standard InChI is InChI=1S/C9H12N6O/c1-16-8-5-11-4-7(14-8)12-2-6-3-13-15-9(6)10/h3-5H,2H2,1H3,(H,12,14)(H3,10,13,15). The predicted octanol–water partition coefficient (Wildman–Crippen LogP) is 0.403. The fraction of sp³-hybridized carbons (Fsp3) is 0.222. The molecule has 4 N–H and O–H groups in total. The molecule has 0 unspecified atom stereocenters. The van der Waals surface area contributed by atoms with E-state index in [9.17, 15) is 0 Å². The first kappa shape index (κ1) is 10.2. The Balaban J connectivity index is 2.02. The Kier molecular flexibility index (Phi) is 2.86. The van der Waals surface area contributed by atoms with Gasteiger partial charge in [-0.05, 0) is 0 Å². The van der Waals surface area contributed by atoms with E-state index < -0.39 is 0 Å². The fourth-order valence-corrected chi connectivity index (χ4v) is 1.18. The summed E-state index contributed by atoms with van der Waals surface area (Å²) in [5, 5.41) is 9.54. The topological polar surface area (TPSA) is 102 Å². The summed E-state index contributed by atoms with van der Waals surface area (Å²) in [7, 11) is 1.54. The lowest BCUT2D eigenvalue weighted by Crippen LogP contribution is -2.04. The van der Waals surface area contributed by atoms with Crippen LogP contribution in [0, 0.1) is 0 Å². The summed E-state index contributed by atoms with van der Waals surface area (Å²) in [6.45, 7) is 0.532. The van der Waals surface area contributed by atoms with E-state index >= 15 is 0 Å². The van der Waals surface area contributed by atoms with E-state index in [1.54, 1.807) is 19.5 Å². The van der Waals surface area contributed by atoms with Crippen molar-refractivity contribution in [3.8, 4) is 5.88 Å². The molecule has 16 heavy (non-hydrogen) atoms. The van der Waals surface area contributed by atoms with Crippen molar-refractivity contribution in [3.63, 3.8) is 0 Å². The summed E-state index contributed by atoms with van der Waals surface area (Å²) >= 11 is 0. The molecule has 0 saturated carbocycles. The van der Waals surface area contributed by atoms with Gasteiger partial charge in [0.15, 0.2) is 0 Å². The molecular formula is C9H12N6O. The third-order valence-corrected chi connectivity index (χ3v) is 2.03. The third kappa shape index (κ3) is 2.19. The van der Waals surface area contributed by atoms with Crippen LogP contribution in [0.2, 0.25) is 0 Å². The Bertz CT molecular complexity index is 469. The zero-order valence-electron chi connectivity index (χ0n) is 8.77. The van der Waals surface area contributed by atoms with Crippen LogP contribution < -0.4 is 15.8 Å². The molecule has 0 saturated heterocycles. The molecule has 2 heterocycles. The van der Waals surface area contributed by atoms with Crippen LogP contribution in [0.5, 0.6) is 5.88 Å². The van der Waals surface area contributed by atoms with Gasteiger partial charge in [-0.25, -0.2) is 0 Å². The Morgan fingerprint density at radius 1 is 1.44 bits per heavy atom. The number of rotatable bonds is 4. The highest BCUT2D eigenvalue weighted by molar-refractivity contribution is 5.41. The van der Waals surface area contributed by atoms with Crippen LogP contribution in [-0.2, 0) is 6.54 Å². The molecule has 0 fully saturated rings. The lowest BCUT2D eigenvalue weighted by atomic mass is 10.3. The number of anilines is 2. The number of hydrogen-bond donors (Lipinski definition) is 3. The first-order valence-electron chi connectivity index (χ1n) is 4.67. The molecule has 0 aromatic carbocycles. The molecule has 2 aromatic rings. The van der Waals surface area contributed by atoms with Gasteiger partial charge < -0.3 is 15.8 Å². The van der Waals surface area contributed by atoms with E-state index in [0.717, 1.165) is 5.56 Å². The quantitative estimate of drug-likeness (QED) is 0.689. The highest BCUT2D eigenvalue weighted by Gasteiger charge is 2.02. The Morgan fingerprint density at radius 3 is 3.00 bits per heavy atom. The first-order chi connectivity index (χ1) is 7.79. The van der Waals surface area contributed by atoms with Gasteiger partial charge in [-0.3, -0.25) is 10.1 Å². The summed E-state index contributed by atoms with van der Waals surface area (Å²) in [6, 6.07) is 0. The van der Waals surface area contributed by atoms with Crippen molar-refractivity contribution in [1.29, 1.82) is 0 Å². The van der Waals surface area contributed by atoms with Crippen LogP contribution in [0.4, 0.5) is 11.6 Å². The first-order valence-corrected chi connectivity index (χ1v) is 4.67. The molecule has 0 spiro atoms. The summed E-state index contributed by atoms with van der Waals surface area (Å²) in [5.41, 5.74) is 6.52. The van der Waals surface area contributed by atoms with Gasteiger partial charge in [-0.2, -0.15) is 10.1 Å². The lowest BCUT2D eigenvalue weighted by molar-refractivity contribution is 0.396. The number of H-pyrrole nitrogens is 1. The van der Waals surface area contributed by atoms with Gasteiger partial charge in [0.2, 0.25) is 5.88 Å². The van der Waals surface area contributed by atoms with Crippen LogP contribution >= 0.6 is 0 Å². The number of nitrogens with zero attached hydrogens (tertiary/aromatic N) is 3. The van der Waals surface area contributed by atoms with Crippen molar-refractivity contribution in [3.05, 3.63) is 24.2 Å². The average Bonchev–Trinajstić information content (AvgIpc) is 2.72. The van der Waals surface area contributed by atoms with Crippen LogP contribution in [0.25, 0.3) is 0 Å². The second-order valence-corrected chi connectivity index (χ2v) is 3.11. The molecule has 0 bridgehead atoms. The van der Waals surface area contributed by atoms with Crippen molar-refractivity contribution >= 4 is 11.6 Å². The number of aromatic nitrogens is 4. The molecule has 0 atom stereocenters. The van der Waals surface area contributed by atoms with Crippen molar-refractivity contribution in [2.75, 3.05) is 18.2 Å². The largest absolute Gasteiger partial charge is 0.480 e. The van der Waals surface area contributed by atoms with Crippen molar-refractivity contribution in [2.24, 2.45) is 0 Å². The minimum atomic E-state index is 0.463. The Hall–Kier alpha value is -2.31. The minimum Gasteiger partial charge on any atom is -0.480 e. The second kappa shape index (κ2) is 4.47. The van der Waals surface area contributed by atoms with Crippen molar-refractivity contribution in [2.45, 2.75) is 6.54 Å². The van der Waals surface area contributed by atoms with E-state index in [0.29, 0.717) is 24.1 Å². The monoisotopic (exact) mass is 220 g/mol. The summed E-state index contributed by atoms with van der Waals surface area (Å²) < 4.78 is 4.96. The van der Waals surface area contributed by atoms with Gasteiger partial charge >= 0.3 is 0 Å². The van der Waals surface area contributed by atoms with Crippen LogP contribution in [0.15, 0.2) is 18.6 Å². The maximum absolute atomic E-state index is 5.64. The van der Waals surface area contributed by atoms with Gasteiger partial charge in [0.1, 0.15) is 11.6 Å². The molecule has 0 amide bonds. The molecule has 7 nitrogen and oxygen atoms in total. The van der Waals surface area contributed by atoms with Gasteiger partial charge in [0.25, 0.3) is 0 Å². The lowest BCUT2D eigenvalue weighted by Gasteiger charge is -2.05. The normalized spacial score (nSPS) is 10.1. The molecule has 7 heteroatoms. The molecule has 84 valence electrons. The molecular weight excluding hydrogens is 208 g/mol. The number of ether oxygens (including phenoxy) is 1. The Morgan fingerprint density at radius 2 is 2.31 bits per heavy atom. The molecule has 0 aliphatic rings. The number of nitrogens with two attached hydrogens (primary N) is 1. The number of nitrogen functional groups attached to an aromatic ring is 1. The maximum atomic E-state index is 5.64. The van der Waals surface area contributed by atoms with Gasteiger partial charge in [0, 0.05) is 12.1 Å². The molecule has 0 aliphatic carbocycles. The SMILES string of the molecule is COc1cncc(NCc2cn[nH]c2N)n1. The van der Waals surface area contributed by atoms with E-state index in [-0.39, 0.29) is 0 Å². The predicted molar refractivity (Wildman–Crippen MR) is 58.9 cm³/mol. The van der Waals surface area contributed by atoms with Crippen molar-refractivity contribution < 1.29 is 4.74 Å². The summed E-state index contributed by atoms with van der Waals surface area (Å²) in [6.07, 6.45) is 4.81. The summed E-state index contributed by atoms with van der Waals surface area (Å²) in [5.74, 6) is 1.63. The highest BCUT2D eigenvalue weighted by Crippen LogP contribution is 2.11. The van der Waals surface area contributed by atoms with Crippen LogP contribution in [-0.4, -0.2) is 27.3 Å². The minimum absolute atomic E-state index is 0.463. The van der Waals surface area contributed by atoms with Gasteiger partial charge in [-0.15, -0.1) is 0 Å². The molecule has 2 aromatic heterocycles. The number of hydrogen-bond acceptors (Lipinski definition) is 6.